The number of esters is 1. The predicted molar refractivity (Wildman–Crippen MR) is 289 cm³/mol. The normalized spacial score (nSPS) is 55.7. The van der Waals surface area contributed by atoms with Crippen molar-refractivity contribution < 1.29 is 134 Å². The fraction of sp³-hybridized carbons (Fsp3) is 0.983. The van der Waals surface area contributed by atoms with Crippen LogP contribution in [-0.2, 0) is 52.2 Å². The van der Waals surface area contributed by atoms with Crippen molar-refractivity contribution in [2.45, 2.75) is 273 Å². The average molecular weight is 1240 g/mol. The minimum absolute atomic E-state index is 0.0648. The molecule has 0 bridgehead atoms. The van der Waals surface area contributed by atoms with Crippen molar-refractivity contribution in [3.63, 3.8) is 0 Å². The zero-order chi connectivity index (χ0) is 62.7. The lowest BCUT2D eigenvalue weighted by molar-refractivity contribution is -0.386. The van der Waals surface area contributed by atoms with E-state index in [9.17, 15) is 81.7 Å². The lowest BCUT2D eigenvalue weighted by Gasteiger charge is -2.73. The quantitative estimate of drug-likeness (QED) is 0.0593. The Morgan fingerprint density at radius 3 is 1.73 bits per heavy atom. The van der Waals surface area contributed by atoms with E-state index in [1.54, 1.807) is 0 Å². The van der Waals surface area contributed by atoms with E-state index in [0.717, 1.165) is 32.1 Å². The summed E-state index contributed by atoms with van der Waals surface area (Å²) in [6.45, 7) is 12.2. The largest absolute Gasteiger partial charge is 0.432 e. The van der Waals surface area contributed by atoms with Crippen LogP contribution in [0.4, 0.5) is 0 Å². The van der Waals surface area contributed by atoms with Gasteiger partial charge in [0.05, 0.1) is 50.7 Å². The number of aliphatic hydroxyl groups excluding tert-OH is 16. The average Bonchev–Trinajstić information content (AvgIpc) is 0.705. The van der Waals surface area contributed by atoms with Crippen molar-refractivity contribution in [1.82, 2.24) is 0 Å². The molecule has 27 nitrogen and oxygen atoms in total. The molecular weight excluding hydrogens is 1140 g/mol. The summed E-state index contributed by atoms with van der Waals surface area (Å²) in [6.07, 6.45) is -32.3. The Morgan fingerprint density at radius 2 is 1.07 bits per heavy atom. The van der Waals surface area contributed by atoms with Crippen LogP contribution >= 0.6 is 0 Å². The Bertz CT molecular complexity index is 2320. The molecule has 0 aromatic carbocycles. The number of hydrogen-bond donors (Lipinski definition) is 16. The molecule has 5 saturated carbocycles. The van der Waals surface area contributed by atoms with E-state index in [2.05, 4.69) is 34.6 Å². The third kappa shape index (κ3) is 11.3. The van der Waals surface area contributed by atoms with Crippen LogP contribution in [0.1, 0.15) is 119 Å². The molecule has 5 aliphatic carbocycles. The number of rotatable bonds is 14. The Balaban J connectivity index is 0.828. The Labute approximate surface area is 500 Å². The van der Waals surface area contributed by atoms with Gasteiger partial charge in [-0.2, -0.15) is 0 Å². The molecular formula is C59H98O27. The standard InChI is InChI=1S/C59H98O27/c1-24-34(64)38(68)43(73)50(79-24)85-47-41(71)36(66)29(20-61)81-52(47)84-46-27(63)21-77-49(45(46)75)83-33-11-12-55(4)31(56(33,5)23-62)10-13-58(7)32(55)9-8-25-26-18-54(2,3)14-16-59(26,17-15-57(25,58)6)53(76)86-51-44(74)40(70)37(67)30(82-51)22-78-48-42(72)39(69)35(65)28(19-60)80-48/h24-52,60-75H,8-23H2,1-7H3. The third-order valence-corrected chi connectivity index (χ3v) is 23.8. The monoisotopic (exact) mass is 1240 g/mol. The molecule has 86 heavy (non-hydrogen) atoms. The highest BCUT2D eigenvalue weighted by atomic mass is 16.8. The van der Waals surface area contributed by atoms with Crippen LogP contribution in [0.25, 0.3) is 0 Å². The first-order valence-corrected chi connectivity index (χ1v) is 31.1. The van der Waals surface area contributed by atoms with Crippen molar-refractivity contribution >= 4 is 5.97 Å². The van der Waals surface area contributed by atoms with Gasteiger partial charge in [0.25, 0.3) is 0 Å². The van der Waals surface area contributed by atoms with E-state index in [1.807, 2.05) is 6.92 Å². The molecule has 0 aromatic heterocycles. The van der Waals surface area contributed by atoms with Crippen molar-refractivity contribution in [2.24, 2.45) is 56.2 Å². The predicted octanol–water partition coefficient (Wildman–Crippen LogP) is -3.49. The van der Waals surface area contributed by atoms with E-state index in [1.165, 1.54) is 6.92 Å². The summed E-state index contributed by atoms with van der Waals surface area (Å²) in [5.74, 6) is -0.568. The van der Waals surface area contributed by atoms with Gasteiger partial charge in [-0.3, -0.25) is 4.79 Å². The summed E-state index contributed by atoms with van der Waals surface area (Å²) in [6, 6.07) is 0. The van der Waals surface area contributed by atoms with Crippen LogP contribution in [0.2, 0.25) is 0 Å². The molecule has 5 heterocycles. The van der Waals surface area contributed by atoms with Gasteiger partial charge in [-0.15, -0.1) is 0 Å². The second-order valence-electron chi connectivity index (χ2n) is 28.9. The summed E-state index contributed by atoms with van der Waals surface area (Å²) >= 11 is 0. The van der Waals surface area contributed by atoms with Gasteiger partial charge in [-0.25, -0.2) is 0 Å². The maximum Gasteiger partial charge on any atom is 0.314 e. The molecule has 0 spiro atoms. The van der Waals surface area contributed by atoms with Gasteiger partial charge in [0.1, 0.15) is 110 Å². The highest BCUT2D eigenvalue weighted by Crippen LogP contribution is 2.77. The van der Waals surface area contributed by atoms with E-state index in [0.29, 0.717) is 38.5 Å². The van der Waals surface area contributed by atoms with Crippen molar-refractivity contribution in [2.75, 3.05) is 33.0 Å². The van der Waals surface area contributed by atoms with Crippen LogP contribution in [0.3, 0.4) is 0 Å². The van der Waals surface area contributed by atoms with Gasteiger partial charge >= 0.3 is 5.97 Å². The van der Waals surface area contributed by atoms with Crippen LogP contribution in [0.5, 0.6) is 0 Å². The molecule has 496 valence electrons. The number of carbonyl (C=O) groups excluding carboxylic acids is 1. The number of hydrogen-bond acceptors (Lipinski definition) is 27. The summed E-state index contributed by atoms with van der Waals surface area (Å²) in [4.78, 5) is 15.2. The maximum atomic E-state index is 15.2. The van der Waals surface area contributed by atoms with Gasteiger partial charge in [0, 0.05) is 5.41 Å². The first kappa shape index (κ1) is 67.4. The lowest BCUT2D eigenvalue weighted by Crippen LogP contribution is -2.69. The molecule has 0 amide bonds. The zero-order valence-electron chi connectivity index (χ0n) is 50.2. The molecule has 10 rings (SSSR count). The van der Waals surface area contributed by atoms with Crippen LogP contribution in [0.15, 0.2) is 0 Å². The first-order chi connectivity index (χ1) is 40.4. The van der Waals surface area contributed by atoms with E-state index >= 15 is 4.79 Å². The van der Waals surface area contributed by atoms with Crippen LogP contribution < -0.4 is 0 Å². The Hall–Kier alpha value is -1.53. The molecule has 34 atom stereocenters. The van der Waals surface area contributed by atoms with Crippen LogP contribution in [0, 0.1) is 56.2 Å². The fourth-order valence-electron chi connectivity index (χ4n) is 18.4. The molecule has 16 N–H and O–H groups in total. The number of aliphatic hydroxyl groups is 16. The van der Waals surface area contributed by atoms with Gasteiger partial charge in [-0.05, 0) is 123 Å². The highest BCUT2D eigenvalue weighted by Gasteiger charge is 2.72. The minimum atomic E-state index is -1.86. The molecule has 34 unspecified atom stereocenters. The van der Waals surface area contributed by atoms with E-state index in [4.69, 9.17) is 47.4 Å². The lowest BCUT2D eigenvalue weighted by atomic mass is 9.31. The Morgan fingerprint density at radius 1 is 0.488 bits per heavy atom. The molecule has 5 saturated heterocycles. The van der Waals surface area contributed by atoms with Gasteiger partial charge in [-0.1, -0.05) is 41.5 Å². The van der Waals surface area contributed by atoms with Crippen molar-refractivity contribution in [3.8, 4) is 0 Å². The Kier molecular flexibility index (Phi) is 19.6. The molecule has 0 radical (unpaired) electrons. The number of fused-ring (bicyclic) bond motifs is 7. The first-order valence-electron chi connectivity index (χ1n) is 31.1. The van der Waals surface area contributed by atoms with Crippen LogP contribution in [-0.4, -0.2) is 274 Å². The van der Waals surface area contributed by atoms with Crippen molar-refractivity contribution in [1.29, 1.82) is 0 Å². The third-order valence-electron chi connectivity index (χ3n) is 23.8. The molecule has 10 aliphatic rings. The minimum Gasteiger partial charge on any atom is -0.432 e. The number of ether oxygens (including phenoxy) is 10. The molecule has 0 aromatic rings. The second kappa shape index (κ2) is 25.1. The molecule has 10 fully saturated rings. The van der Waals surface area contributed by atoms with E-state index < -0.39 is 197 Å². The number of carbonyl (C=O) groups is 1. The summed E-state index contributed by atoms with van der Waals surface area (Å²) in [5.41, 5.74) is -2.84. The van der Waals surface area contributed by atoms with Crippen molar-refractivity contribution in [3.05, 3.63) is 0 Å². The van der Waals surface area contributed by atoms with E-state index in [-0.39, 0.29) is 51.9 Å². The molecule has 27 heteroatoms. The van der Waals surface area contributed by atoms with Gasteiger partial charge in [0.15, 0.2) is 25.2 Å². The fourth-order valence-corrected chi connectivity index (χ4v) is 18.4. The summed E-state index contributed by atoms with van der Waals surface area (Å²) < 4.78 is 59.4. The molecule has 5 aliphatic heterocycles. The highest BCUT2D eigenvalue weighted by molar-refractivity contribution is 5.78. The summed E-state index contributed by atoms with van der Waals surface area (Å²) in [5, 5.41) is 173. The second-order valence-corrected chi connectivity index (χ2v) is 28.9. The smallest absolute Gasteiger partial charge is 0.314 e. The zero-order valence-corrected chi connectivity index (χ0v) is 50.2. The maximum absolute atomic E-state index is 15.2. The van der Waals surface area contributed by atoms with Gasteiger partial charge in [0.2, 0.25) is 6.29 Å². The topological polar surface area (TPSA) is 433 Å². The SMILES string of the molecule is CC1OC(OC2C(OC3C(O)COC(OC4CCC5(C)C(CCC6(C)C5CCC5C7CC(C)(C)CCC7(C(=O)OC7OC(COC8OC(CO)C(O)C(O)C8O)C(O)C(O)C7O)CCC56C)C4(C)CO)C3O)OC(CO)C(O)C2O)C(O)C(O)C1O. The summed E-state index contributed by atoms with van der Waals surface area (Å²) in [7, 11) is 0. The van der Waals surface area contributed by atoms with Gasteiger partial charge < -0.3 is 129 Å².